The van der Waals surface area contributed by atoms with Gasteiger partial charge in [0.1, 0.15) is 0 Å². The van der Waals surface area contributed by atoms with Crippen LogP contribution in [-0.2, 0) is 6.42 Å². The molecule has 1 atom stereocenters. The van der Waals surface area contributed by atoms with Crippen molar-refractivity contribution in [2.75, 3.05) is 0 Å². The molecule has 0 heterocycles. The molecule has 1 aliphatic carbocycles. The van der Waals surface area contributed by atoms with Crippen molar-refractivity contribution in [3.05, 3.63) is 47.5 Å². The lowest BCUT2D eigenvalue weighted by Crippen LogP contribution is -2.13. The number of hydrogen-bond donors (Lipinski definition) is 0. The molecule has 1 aromatic carbocycles. The van der Waals surface area contributed by atoms with E-state index in [1.54, 1.807) is 0 Å². The molecule has 0 saturated carbocycles. The fourth-order valence-electron chi connectivity index (χ4n) is 1.39. The minimum absolute atomic E-state index is 0.296. The van der Waals surface area contributed by atoms with Crippen LogP contribution in [-0.4, -0.2) is 5.38 Å². The molecule has 0 spiro atoms. The maximum atomic E-state index is 6.00. The molecule has 0 aliphatic heterocycles. The molecule has 62 valence electrons. The second-order valence-corrected chi connectivity index (χ2v) is 3.67. The van der Waals surface area contributed by atoms with Gasteiger partial charge in [0.15, 0.2) is 0 Å². The third-order valence-electron chi connectivity index (χ3n) is 2.24. The molecule has 0 fully saturated rings. The van der Waals surface area contributed by atoms with Gasteiger partial charge in [0, 0.05) is 0 Å². The molecular weight excluding hydrogens is 168 g/mol. The molecule has 0 aromatic heterocycles. The molecule has 0 saturated heterocycles. The maximum absolute atomic E-state index is 6.00. The summed E-state index contributed by atoms with van der Waals surface area (Å²) in [5.41, 5.74) is 2.73. The van der Waals surface area contributed by atoms with E-state index in [4.69, 9.17) is 11.6 Å². The molecule has 0 radical (unpaired) electrons. The van der Waals surface area contributed by atoms with Crippen molar-refractivity contribution in [3.63, 3.8) is 0 Å². The molecule has 1 aromatic rings. The van der Waals surface area contributed by atoms with Crippen LogP contribution in [0.1, 0.15) is 12.0 Å². The third-order valence-corrected chi connectivity index (χ3v) is 2.70. The van der Waals surface area contributed by atoms with Crippen LogP contribution in [0.3, 0.4) is 0 Å². The summed E-state index contributed by atoms with van der Waals surface area (Å²) in [5.74, 6) is 0. The van der Waals surface area contributed by atoms with E-state index in [9.17, 15) is 0 Å². The monoisotopic (exact) mass is 178 g/mol. The van der Waals surface area contributed by atoms with Gasteiger partial charge in [-0.15, -0.1) is 11.6 Å². The number of hydrogen-bond acceptors (Lipinski definition) is 0. The van der Waals surface area contributed by atoms with E-state index in [0.717, 1.165) is 12.8 Å². The molecule has 0 N–H and O–H groups in total. The van der Waals surface area contributed by atoms with Crippen molar-refractivity contribution >= 4 is 11.6 Å². The first kappa shape index (κ1) is 7.88. The Kier molecular flexibility index (Phi) is 2.18. The van der Waals surface area contributed by atoms with Crippen molar-refractivity contribution in [2.24, 2.45) is 0 Å². The van der Waals surface area contributed by atoms with Crippen molar-refractivity contribution in [3.8, 4) is 0 Å². The van der Waals surface area contributed by atoms with Gasteiger partial charge in [0.05, 0.1) is 5.38 Å². The van der Waals surface area contributed by atoms with Gasteiger partial charge in [-0.2, -0.15) is 0 Å². The summed E-state index contributed by atoms with van der Waals surface area (Å²) in [4.78, 5) is 0. The van der Waals surface area contributed by atoms with Crippen LogP contribution in [0, 0.1) is 0 Å². The van der Waals surface area contributed by atoms with E-state index in [-0.39, 0.29) is 0 Å². The van der Waals surface area contributed by atoms with Crippen molar-refractivity contribution in [1.82, 2.24) is 0 Å². The highest BCUT2D eigenvalue weighted by molar-refractivity contribution is 6.23. The lowest BCUT2D eigenvalue weighted by Gasteiger charge is -2.21. The van der Waals surface area contributed by atoms with Crippen LogP contribution in [0.15, 0.2) is 42.0 Å². The zero-order valence-corrected chi connectivity index (χ0v) is 7.59. The lowest BCUT2D eigenvalue weighted by molar-refractivity contribution is 0.838. The maximum Gasteiger partial charge on any atom is 0.0583 e. The van der Waals surface area contributed by atoms with Crippen molar-refractivity contribution in [1.29, 1.82) is 0 Å². The Hall–Kier alpha value is -0.750. The summed E-state index contributed by atoms with van der Waals surface area (Å²) in [6.07, 6.45) is 4.30. The summed E-state index contributed by atoms with van der Waals surface area (Å²) < 4.78 is 0. The summed E-state index contributed by atoms with van der Waals surface area (Å²) >= 11 is 6.00. The highest BCUT2D eigenvalue weighted by Crippen LogP contribution is 2.27. The number of alkyl halides is 1. The minimum Gasteiger partial charge on any atom is -0.118 e. The van der Waals surface area contributed by atoms with E-state index in [0.29, 0.717) is 5.38 Å². The predicted octanol–water partition coefficient (Wildman–Crippen LogP) is 3.17. The minimum atomic E-state index is 0.296. The molecule has 12 heavy (non-hydrogen) atoms. The Balaban J connectivity index is 2.05. The normalized spacial score (nSPS) is 21.4. The second kappa shape index (κ2) is 3.32. The van der Waals surface area contributed by atoms with E-state index in [1.165, 1.54) is 11.1 Å². The van der Waals surface area contributed by atoms with Crippen molar-refractivity contribution < 1.29 is 0 Å². The first-order valence-electron chi connectivity index (χ1n) is 4.23. The van der Waals surface area contributed by atoms with Gasteiger partial charge >= 0.3 is 0 Å². The van der Waals surface area contributed by atoms with E-state index in [1.807, 2.05) is 6.07 Å². The smallest absolute Gasteiger partial charge is 0.0583 e. The van der Waals surface area contributed by atoms with Crippen LogP contribution in [0.5, 0.6) is 0 Å². The molecule has 1 unspecified atom stereocenters. The van der Waals surface area contributed by atoms with Crippen molar-refractivity contribution in [2.45, 2.75) is 18.2 Å². The highest BCUT2D eigenvalue weighted by Gasteiger charge is 2.17. The summed E-state index contributed by atoms with van der Waals surface area (Å²) in [7, 11) is 0. The summed E-state index contributed by atoms with van der Waals surface area (Å²) in [6, 6.07) is 10.5. The standard InChI is InChI=1S/C11H11Cl/c12-11-7-6-10(11)8-9-4-2-1-3-5-9/h1-6,11H,7-8H2. The number of rotatable bonds is 2. The van der Waals surface area contributed by atoms with Gasteiger partial charge < -0.3 is 0 Å². The summed E-state index contributed by atoms with van der Waals surface area (Å²) in [6.45, 7) is 0. The lowest BCUT2D eigenvalue weighted by atomic mass is 9.92. The van der Waals surface area contributed by atoms with E-state index in [2.05, 4.69) is 30.3 Å². The van der Waals surface area contributed by atoms with Crippen LogP contribution in [0.25, 0.3) is 0 Å². The van der Waals surface area contributed by atoms with Gasteiger partial charge in [-0.3, -0.25) is 0 Å². The molecule has 1 heteroatoms. The Morgan fingerprint density at radius 1 is 1.25 bits per heavy atom. The van der Waals surface area contributed by atoms with Crippen LogP contribution < -0.4 is 0 Å². The largest absolute Gasteiger partial charge is 0.118 e. The Morgan fingerprint density at radius 3 is 2.50 bits per heavy atom. The van der Waals surface area contributed by atoms with E-state index >= 15 is 0 Å². The van der Waals surface area contributed by atoms with Gasteiger partial charge in [-0.05, 0) is 18.4 Å². The SMILES string of the molecule is ClC1CC=C1Cc1ccccc1. The zero-order chi connectivity index (χ0) is 8.39. The molecule has 0 bridgehead atoms. The predicted molar refractivity (Wildman–Crippen MR) is 52.5 cm³/mol. The average Bonchev–Trinajstić information content (AvgIpc) is 2.14. The second-order valence-electron chi connectivity index (χ2n) is 3.14. The number of halogens is 1. The summed E-state index contributed by atoms with van der Waals surface area (Å²) in [5, 5.41) is 0.296. The molecule has 2 rings (SSSR count). The Labute approximate surface area is 77.9 Å². The quantitative estimate of drug-likeness (QED) is 0.482. The zero-order valence-electron chi connectivity index (χ0n) is 6.83. The van der Waals surface area contributed by atoms with Gasteiger partial charge in [0.2, 0.25) is 0 Å². The third kappa shape index (κ3) is 1.54. The fraction of sp³-hybridized carbons (Fsp3) is 0.273. The van der Waals surface area contributed by atoms with Crippen LogP contribution >= 0.6 is 11.6 Å². The van der Waals surface area contributed by atoms with E-state index < -0.39 is 0 Å². The number of allylic oxidation sites excluding steroid dienone is 2. The first-order valence-corrected chi connectivity index (χ1v) is 4.67. The van der Waals surface area contributed by atoms with Gasteiger partial charge in [-0.1, -0.05) is 42.0 Å². The highest BCUT2D eigenvalue weighted by atomic mass is 35.5. The van der Waals surface area contributed by atoms with Gasteiger partial charge in [0.25, 0.3) is 0 Å². The fourth-order valence-corrected chi connectivity index (χ4v) is 1.64. The Morgan fingerprint density at radius 2 is 2.00 bits per heavy atom. The molecule has 1 aliphatic rings. The average molecular weight is 179 g/mol. The Bertz CT molecular complexity index is 287. The topological polar surface area (TPSA) is 0 Å². The van der Waals surface area contributed by atoms with Gasteiger partial charge in [-0.25, -0.2) is 0 Å². The number of benzene rings is 1. The van der Waals surface area contributed by atoms with Crippen LogP contribution in [0.2, 0.25) is 0 Å². The van der Waals surface area contributed by atoms with Crippen LogP contribution in [0.4, 0.5) is 0 Å². The first-order chi connectivity index (χ1) is 5.86. The molecule has 0 nitrogen and oxygen atoms in total. The molecular formula is C11H11Cl. The molecule has 0 amide bonds.